The van der Waals surface area contributed by atoms with Gasteiger partial charge < -0.3 is 18.0 Å². The van der Waals surface area contributed by atoms with Crippen molar-refractivity contribution in [3.05, 3.63) is 415 Å². The molecular formula is C107H61N5O2. The smallest absolute Gasteiger partial charge is 0.164 e. The predicted molar refractivity (Wildman–Crippen MR) is 463 cm³/mol. The summed E-state index contributed by atoms with van der Waals surface area (Å²) in [5.41, 5.74) is 36.7. The number of rotatable bonds is 7. The lowest BCUT2D eigenvalue weighted by Crippen LogP contribution is -2.25. The van der Waals surface area contributed by atoms with Crippen LogP contribution in [0.2, 0.25) is 0 Å². The van der Waals surface area contributed by atoms with Crippen LogP contribution >= 0.6 is 0 Å². The van der Waals surface area contributed by atoms with Crippen LogP contribution in [0.1, 0.15) is 44.5 Å². The first-order valence-corrected chi connectivity index (χ1v) is 39.2. The average molecular weight is 1450 g/mol. The van der Waals surface area contributed by atoms with Crippen molar-refractivity contribution in [2.75, 3.05) is 0 Å². The van der Waals surface area contributed by atoms with Crippen molar-refractivity contribution < 1.29 is 8.83 Å². The summed E-state index contributed by atoms with van der Waals surface area (Å²) in [5.74, 6) is 1.62. The molecule has 526 valence electrons. The second kappa shape index (κ2) is 22.8. The van der Waals surface area contributed by atoms with Crippen molar-refractivity contribution in [2.45, 2.75) is 10.8 Å². The fourth-order valence-corrected chi connectivity index (χ4v) is 21.1. The molecule has 26 rings (SSSR count). The second-order valence-electron chi connectivity index (χ2n) is 31.0. The Morgan fingerprint density at radius 3 is 0.939 bits per heavy atom. The van der Waals surface area contributed by atoms with Crippen LogP contribution in [-0.4, -0.2) is 24.1 Å². The van der Waals surface area contributed by atoms with Crippen molar-refractivity contribution in [2.24, 2.45) is 0 Å². The molecule has 0 fully saturated rings. The minimum atomic E-state index is -0.480. The van der Waals surface area contributed by atoms with Crippen molar-refractivity contribution in [1.29, 1.82) is 0 Å². The van der Waals surface area contributed by atoms with E-state index in [4.69, 9.17) is 23.8 Å². The molecule has 0 saturated heterocycles. The minimum Gasteiger partial charge on any atom is -0.456 e. The second-order valence-corrected chi connectivity index (χ2v) is 31.0. The molecule has 0 atom stereocenters. The molecule has 0 saturated carbocycles. The highest BCUT2D eigenvalue weighted by Crippen LogP contribution is 2.67. The highest BCUT2D eigenvalue weighted by Gasteiger charge is 2.54. The Bertz CT molecular complexity index is 7460. The third kappa shape index (κ3) is 8.05. The maximum absolute atomic E-state index is 6.86. The van der Waals surface area contributed by atoms with Gasteiger partial charge in [0.1, 0.15) is 22.3 Å². The molecule has 4 aliphatic rings. The number of aromatic nitrogens is 5. The molecule has 0 radical (unpaired) electrons. The van der Waals surface area contributed by atoms with E-state index < -0.39 is 10.8 Å². The number of furan rings is 2. The van der Waals surface area contributed by atoms with E-state index in [0.717, 1.165) is 105 Å². The Labute approximate surface area is 653 Å². The molecule has 0 unspecified atom stereocenters. The van der Waals surface area contributed by atoms with E-state index in [0.29, 0.717) is 17.5 Å². The quantitative estimate of drug-likeness (QED) is 0.159. The Hall–Kier alpha value is -15.1. The van der Waals surface area contributed by atoms with Gasteiger partial charge in [-0.15, -0.1) is 0 Å². The summed E-state index contributed by atoms with van der Waals surface area (Å²) in [4.78, 5) is 16.4. The zero-order chi connectivity index (χ0) is 74.2. The van der Waals surface area contributed by atoms with Crippen LogP contribution in [-0.2, 0) is 10.8 Å². The molecule has 22 aromatic rings. The molecule has 5 heterocycles. The van der Waals surface area contributed by atoms with Gasteiger partial charge in [-0.05, 0) is 185 Å². The van der Waals surface area contributed by atoms with E-state index >= 15 is 0 Å². The standard InChI is InChI=1S/C107H61N5O2/c1-4-24-62(25-5-1)103-108-104(77-36-22-44-95-97(77)81-60-65(48-56-93(81)113-95)63-46-54-91-79(58-63)73-50-52-89-99(101(73)111(91)67-26-6-2-7-27-67)75-34-14-20-42-87(75)106(89)83-38-16-10-30-69(83)70-31-11-17-39-84(70)106)110-105(109-103)78-37-23-45-96-98(78)82-61-66(49-57-94(82)114-96)64-47-55-92-80(59-64)74-51-53-90-100(102(74)112(92)68-28-8-3-9-29-68)76-35-15-21-43-88(76)107(90)85-40-18-12-32-71(85)72-33-13-19-41-86(72)107/h1-61H. The summed E-state index contributed by atoms with van der Waals surface area (Å²) in [7, 11) is 0. The van der Waals surface area contributed by atoms with Crippen LogP contribution in [0.15, 0.2) is 379 Å². The normalized spacial score (nSPS) is 13.6. The number of fused-ring (bicyclic) bond motifs is 34. The summed E-state index contributed by atoms with van der Waals surface area (Å²) in [6, 6.07) is 136. The molecule has 4 aliphatic carbocycles. The first kappa shape index (κ1) is 61.8. The maximum atomic E-state index is 6.86. The lowest BCUT2D eigenvalue weighted by atomic mass is 9.70. The van der Waals surface area contributed by atoms with Crippen LogP contribution in [0, 0.1) is 0 Å². The topological polar surface area (TPSA) is 74.8 Å². The molecule has 114 heavy (non-hydrogen) atoms. The zero-order valence-corrected chi connectivity index (χ0v) is 61.3. The number of hydrogen-bond donors (Lipinski definition) is 0. The zero-order valence-electron chi connectivity index (χ0n) is 61.3. The summed E-state index contributed by atoms with van der Waals surface area (Å²) in [6.07, 6.45) is 0. The van der Waals surface area contributed by atoms with Crippen molar-refractivity contribution >= 4 is 87.5 Å². The molecule has 0 amide bonds. The molecule has 7 nitrogen and oxygen atoms in total. The van der Waals surface area contributed by atoms with Crippen molar-refractivity contribution in [3.63, 3.8) is 0 Å². The van der Waals surface area contributed by atoms with Crippen molar-refractivity contribution in [1.82, 2.24) is 24.1 Å². The highest BCUT2D eigenvalue weighted by atomic mass is 16.3. The summed E-state index contributed by atoms with van der Waals surface area (Å²) in [6.45, 7) is 0. The number of benzene rings is 17. The molecule has 7 heteroatoms. The van der Waals surface area contributed by atoms with Gasteiger partial charge in [0, 0.05) is 82.3 Å². The summed E-state index contributed by atoms with van der Waals surface area (Å²) >= 11 is 0. The summed E-state index contributed by atoms with van der Waals surface area (Å²) in [5, 5.41) is 8.53. The third-order valence-corrected chi connectivity index (χ3v) is 25.6. The van der Waals surface area contributed by atoms with Gasteiger partial charge in [-0.3, -0.25) is 0 Å². The fourth-order valence-electron chi connectivity index (χ4n) is 21.1. The first-order valence-electron chi connectivity index (χ1n) is 39.2. The van der Waals surface area contributed by atoms with Crippen LogP contribution in [0.4, 0.5) is 0 Å². The maximum Gasteiger partial charge on any atom is 0.164 e. The average Bonchev–Trinajstić information content (AvgIpc) is 1.50. The van der Waals surface area contributed by atoms with E-state index in [1.54, 1.807) is 0 Å². The van der Waals surface area contributed by atoms with E-state index in [9.17, 15) is 0 Å². The lowest BCUT2D eigenvalue weighted by Gasteiger charge is -2.30. The Kier molecular flexibility index (Phi) is 12.4. The highest BCUT2D eigenvalue weighted by molar-refractivity contribution is 6.21. The number of nitrogens with zero attached hydrogens (tertiary/aromatic N) is 5. The van der Waals surface area contributed by atoms with Gasteiger partial charge in [0.2, 0.25) is 0 Å². The molecule has 2 spiro atoms. The van der Waals surface area contributed by atoms with Crippen LogP contribution < -0.4 is 0 Å². The monoisotopic (exact) mass is 1450 g/mol. The Balaban J connectivity index is 0.620. The van der Waals surface area contributed by atoms with Crippen LogP contribution in [0.3, 0.4) is 0 Å². The lowest BCUT2D eigenvalue weighted by molar-refractivity contribution is 0.668. The van der Waals surface area contributed by atoms with E-state index in [1.165, 1.54) is 122 Å². The van der Waals surface area contributed by atoms with E-state index in [2.05, 4.69) is 349 Å². The number of hydrogen-bond acceptors (Lipinski definition) is 5. The molecule has 0 aliphatic heterocycles. The van der Waals surface area contributed by atoms with Gasteiger partial charge in [0.25, 0.3) is 0 Å². The first-order chi connectivity index (χ1) is 56.5. The molecule has 17 aromatic carbocycles. The largest absolute Gasteiger partial charge is 0.456 e. The van der Waals surface area contributed by atoms with Gasteiger partial charge in [-0.25, -0.2) is 15.0 Å². The van der Waals surface area contributed by atoms with Gasteiger partial charge in [0.15, 0.2) is 17.5 Å². The third-order valence-electron chi connectivity index (χ3n) is 25.6. The minimum absolute atomic E-state index is 0.480. The van der Waals surface area contributed by atoms with Crippen LogP contribution in [0.25, 0.3) is 200 Å². The van der Waals surface area contributed by atoms with Gasteiger partial charge >= 0.3 is 0 Å². The predicted octanol–water partition coefficient (Wildman–Crippen LogP) is 26.9. The number of para-hydroxylation sites is 2. The van der Waals surface area contributed by atoms with Gasteiger partial charge in [0.05, 0.1) is 32.9 Å². The van der Waals surface area contributed by atoms with Gasteiger partial charge in [-0.2, -0.15) is 0 Å². The summed E-state index contributed by atoms with van der Waals surface area (Å²) < 4.78 is 18.7. The van der Waals surface area contributed by atoms with Gasteiger partial charge in [-0.1, -0.05) is 285 Å². The van der Waals surface area contributed by atoms with Crippen molar-refractivity contribution in [3.8, 4) is 112 Å². The molecule has 5 aromatic heterocycles. The van der Waals surface area contributed by atoms with E-state index in [1.807, 2.05) is 30.3 Å². The Morgan fingerprint density at radius 1 is 0.211 bits per heavy atom. The molecule has 0 N–H and O–H groups in total. The molecular weight excluding hydrogens is 1390 g/mol. The van der Waals surface area contributed by atoms with E-state index in [-0.39, 0.29) is 0 Å². The molecule has 0 bridgehead atoms. The Morgan fingerprint density at radius 2 is 0.535 bits per heavy atom. The SMILES string of the molecule is c1ccc(-c2nc(-c3cccc4oc5ccc(-c6ccc7c(c6)c6ccc8c(c6n7-c6ccccc6)-c6ccccc6C86c7ccccc7-c7ccccc76)cc5c34)nc(-c3cccc4oc5ccc(-c6ccc7c(c6)c6ccc8c(c6n7-c6ccccc6)-c6ccccc6C86c7ccccc7-c7ccccc76)cc5c34)n2)cc1. The fraction of sp³-hybridized carbons (Fsp3) is 0.0187. The van der Waals surface area contributed by atoms with Crippen LogP contribution in [0.5, 0.6) is 0 Å².